The molecule has 0 radical (unpaired) electrons. The Labute approximate surface area is 179 Å². The number of carbonyl (C=O) groups is 1. The number of ether oxygens (including phenoxy) is 1. The van der Waals surface area contributed by atoms with E-state index >= 15 is 0 Å². The third-order valence-electron chi connectivity index (χ3n) is 5.54. The Morgan fingerprint density at radius 1 is 1.20 bits per heavy atom. The minimum absolute atomic E-state index is 0.00214. The summed E-state index contributed by atoms with van der Waals surface area (Å²) in [5.41, 5.74) is 1.77. The predicted octanol–water partition coefficient (Wildman–Crippen LogP) is 3.99. The van der Waals surface area contributed by atoms with Gasteiger partial charge in [-0.2, -0.15) is 5.26 Å². The highest BCUT2D eigenvalue weighted by Gasteiger charge is 2.27. The van der Waals surface area contributed by atoms with Gasteiger partial charge in [-0.1, -0.05) is 56.3 Å². The van der Waals surface area contributed by atoms with E-state index in [2.05, 4.69) is 40.6 Å². The summed E-state index contributed by atoms with van der Waals surface area (Å²) in [4.78, 5) is 15.3. The number of piperidine rings is 1. The van der Waals surface area contributed by atoms with E-state index in [1.165, 1.54) is 5.56 Å². The van der Waals surface area contributed by atoms with Crippen molar-refractivity contribution in [3.05, 3.63) is 65.7 Å². The first-order chi connectivity index (χ1) is 14.6. The molecule has 0 bridgehead atoms. The summed E-state index contributed by atoms with van der Waals surface area (Å²) in [5, 5.41) is 12.4. The Morgan fingerprint density at radius 3 is 2.67 bits per heavy atom. The number of hydrogen-bond acceptors (Lipinski definition) is 4. The van der Waals surface area contributed by atoms with E-state index in [9.17, 15) is 10.1 Å². The minimum Gasteiger partial charge on any atom is -0.479 e. The van der Waals surface area contributed by atoms with Crippen molar-refractivity contribution in [2.75, 3.05) is 19.6 Å². The number of nitrogens with one attached hydrogen (secondary N) is 1. The Balaban J connectivity index is 1.54. The lowest BCUT2D eigenvalue weighted by molar-refractivity contribution is -0.130. The van der Waals surface area contributed by atoms with Crippen molar-refractivity contribution in [3.63, 3.8) is 0 Å². The molecule has 1 saturated heterocycles. The fourth-order valence-electron chi connectivity index (χ4n) is 3.94. The molecule has 5 heteroatoms. The number of nitriles is 1. The van der Waals surface area contributed by atoms with Gasteiger partial charge in [0.25, 0.3) is 5.91 Å². The monoisotopic (exact) mass is 405 g/mol. The van der Waals surface area contributed by atoms with E-state index in [0.29, 0.717) is 23.8 Å². The molecule has 1 N–H and O–H groups in total. The maximum atomic E-state index is 12.9. The smallest absolute Gasteiger partial charge is 0.261 e. The first-order valence-corrected chi connectivity index (χ1v) is 10.8. The molecule has 2 atom stereocenters. The molecule has 2 unspecified atom stereocenters. The van der Waals surface area contributed by atoms with Gasteiger partial charge in [-0.25, -0.2) is 0 Å². The molecule has 0 aliphatic carbocycles. The number of rotatable bonds is 8. The predicted molar refractivity (Wildman–Crippen MR) is 118 cm³/mol. The van der Waals surface area contributed by atoms with Crippen LogP contribution < -0.4 is 10.1 Å². The number of hydrogen-bond donors (Lipinski definition) is 1. The summed E-state index contributed by atoms with van der Waals surface area (Å²) in [6.07, 6.45) is 1.65. The van der Waals surface area contributed by atoms with E-state index in [4.69, 9.17) is 4.74 Å². The fraction of sp³-hybridized carbons (Fsp3) is 0.440. The summed E-state index contributed by atoms with van der Waals surface area (Å²) in [6.45, 7) is 7.61. The van der Waals surface area contributed by atoms with Crippen LogP contribution in [0.3, 0.4) is 0 Å². The fourth-order valence-corrected chi connectivity index (χ4v) is 3.94. The number of likely N-dealkylation sites (tertiary alicyclic amines) is 1. The Morgan fingerprint density at radius 2 is 1.93 bits per heavy atom. The highest BCUT2D eigenvalue weighted by atomic mass is 16.5. The molecule has 1 fully saturated rings. The first-order valence-electron chi connectivity index (χ1n) is 10.8. The van der Waals surface area contributed by atoms with Crippen LogP contribution in [-0.2, 0) is 11.3 Å². The molecular formula is C25H31N3O2. The summed E-state index contributed by atoms with van der Waals surface area (Å²) in [5.74, 6) is 0.779. The lowest BCUT2D eigenvalue weighted by Crippen LogP contribution is -2.46. The maximum Gasteiger partial charge on any atom is 0.261 e. The molecule has 5 nitrogen and oxygen atoms in total. The van der Waals surface area contributed by atoms with Crippen LogP contribution in [-0.4, -0.2) is 36.5 Å². The molecule has 30 heavy (non-hydrogen) atoms. The Hall–Kier alpha value is -2.84. The quantitative estimate of drug-likeness (QED) is 0.721. The van der Waals surface area contributed by atoms with Gasteiger partial charge in [0, 0.05) is 19.6 Å². The summed E-state index contributed by atoms with van der Waals surface area (Å²) < 4.78 is 5.95. The Bertz CT molecular complexity index is 860. The van der Waals surface area contributed by atoms with Crippen LogP contribution >= 0.6 is 0 Å². The average Bonchev–Trinajstić information content (AvgIpc) is 2.77. The second-order valence-corrected chi connectivity index (χ2v) is 8.36. The molecule has 1 aliphatic rings. The standard InChI is InChI=1S/C25H31N3O2/c1-19(2)24(30-23-13-7-6-12-22(23)15-26)25(29)27-16-21-11-8-14-28(18-21)17-20-9-4-3-5-10-20/h3-7,9-10,12-13,19,21,24H,8,11,14,16-18H2,1-2H3,(H,27,29). The normalized spacial score (nSPS) is 17.9. The van der Waals surface area contributed by atoms with E-state index in [1.807, 2.05) is 26.0 Å². The van der Waals surface area contributed by atoms with Crippen LogP contribution in [0.2, 0.25) is 0 Å². The van der Waals surface area contributed by atoms with Crippen LogP contribution in [0.15, 0.2) is 54.6 Å². The number of amides is 1. The highest BCUT2D eigenvalue weighted by molar-refractivity contribution is 5.81. The van der Waals surface area contributed by atoms with Gasteiger partial charge in [0.2, 0.25) is 0 Å². The SMILES string of the molecule is CC(C)C(Oc1ccccc1C#N)C(=O)NCC1CCCN(Cc2ccccc2)C1. The molecule has 2 aromatic rings. The number of para-hydroxylation sites is 1. The van der Waals surface area contributed by atoms with Crippen molar-refractivity contribution < 1.29 is 9.53 Å². The highest BCUT2D eigenvalue weighted by Crippen LogP contribution is 2.22. The molecule has 0 saturated carbocycles. The zero-order valence-electron chi connectivity index (χ0n) is 17.9. The van der Waals surface area contributed by atoms with E-state index in [-0.39, 0.29) is 11.8 Å². The van der Waals surface area contributed by atoms with Crippen molar-refractivity contribution in [2.45, 2.75) is 39.3 Å². The van der Waals surface area contributed by atoms with Crippen molar-refractivity contribution in [2.24, 2.45) is 11.8 Å². The lowest BCUT2D eigenvalue weighted by Gasteiger charge is -2.33. The molecule has 3 rings (SSSR count). The van der Waals surface area contributed by atoms with Gasteiger partial charge in [0.05, 0.1) is 5.56 Å². The molecule has 0 aromatic heterocycles. The van der Waals surface area contributed by atoms with E-state index < -0.39 is 6.10 Å². The summed E-state index contributed by atoms with van der Waals surface area (Å²) in [7, 11) is 0. The van der Waals surface area contributed by atoms with Crippen molar-refractivity contribution >= 4 is 5.91 Å². The second-order valence-electron chi connectivity index (χ2n) is 8.36. The van der Waals surface area contributed by atoms with Crippen molar-refractivity contribution in [1.29, 1.82) is 5.26 Å². The van der Waals surface area contributed by atoms with Crippen LogP contribution in [0.5, 0.6) is 5.75 Å². The zero-order chi connectivity index (χ0) is 21.3. The summed E-state index contributed by atoms with van der Waals surface area (Å²) in [6, 6.07) is 19.7. The number of carbonyl (C=O) groups excluding carboxylic acids is 1. The molecule has 1 heterocycles. The number of benzene rings is 2. The third-order valence-corrected chi connectivity index (χ3v) is 5.54. The van der Waals surface area contributed by atoms with Crippen LogP contribution in [0.1, 0.15) is 37.8 Å². The molecule has 1 amide bonds. The van der Waals surface area contributed by atoms with Crippen LogP contribution in [0.4, 0.5) is 0 Å². The molecular weight excluding hydrogens is 374 g/mol. The Kier molecular flexibility index (Phi) is 7.87. The van der Waals surface area contributed by atoms with Gasteiger partial charge < -0.3 is 10.1 Å². The van der Waals surface area contributed by atoms with Gasteiger partial charge in [-0.05, 0) is 48.9 Å². The largest absolute Gasteiger partial charge is 0.479 e. The molecule has 2 aromatic carbocycles. The first kappa shape index (κ1) is 21.9. The van der Waals surface area contributed by atoms with E-state index in [0.717, 1.165) is 32.5 Å². The molecule has 1 aliphatic heterocycles. The van der Waals surface area contributed by atoms with E-state index in [1.54, 1.807) is 18.2 Å². The van der Waals surface area contributed by atoms with Crippen LogP contribution in [0, 0.1) is 23.2 Å². The van der Waals surface area contributed by atoms with Crippen molar-refractivity contribution in [3.8, 4) is 11.8 Å². The van der Waals surface area contributed by atoms with Gasteiger partial charge in [-0.3, -0.25) is 9.69 Å². The lowest BCUT2D eigenvalue weighted by atomic mass is 9.97. The average molecular weight is 406 g/mol. The second kappa shape index (κ2) is 10.8. The molecule has 0 spiro atoms. The van der Waals surface area contributed by atoms with Crippen molar-refractivity contribution in [1.82, 2.24) is 10.2 Å². The number of nitrogens with zero attached hydrogens (tertiary/aromatic N) is 2. The van der Waals surface area contributed by atoms with Gasteiger partial charge in [0.1, 0.15) is 11.8 Å². The van der Waals surface area contributed by atoms with Gasteiger partial charge in [0.15, 0.2) is 6.10 Å². The third kappa shape index (κ3) is 6.08. The molecule has 158 valence electrons. The zero-order valence-corrected chi connectivity index (χ0v) is 17.9. The summed E-state index contributed by atoms with van der Waals surface area (Å²) >= 11 is 0. The topological polar surface area (TPSA) is 65.4 Å². The van der Waals surface area contributed by atoms with Gasteiger partial charge in [-0.15, -0.1) is 0 Å². The maximum absolute atomic E-state index is 12.9. The van der Waals surface area contributed by atoms with Gasteiger partial charge >= 0.3 is 0 Å². The van der Waals surface area contributed by atoms with Crippen LogP contribution in [0.25, 0.3) is 0 Å². The minimum atomic E-state index is -0.622.